The first-order chi connectivity index (χ1) is 13.1. The lowest BCUT2D eigenvalue weighted by Crippen LogP contribution is -2.77. The number of methoxy groups -OCH3 is 1. The molecule has 1 aromatic rings. The molecule has 1 saturated heterocycles. The van der Waals surface area contributed by atoms with E-state index in [1.54, 1.807) is 7.11 Å². The van der Waals surface area contributed by atoms with Crippen LogP contribution in [-0.2, 0) is 11.8 Å². The van der Waals surface area contributed by atoms with Crippen molar-refractivity contribution in [2.24, 2.45) is 5.92 Å². The Morgan fingerprint density at radius 2 is 2.11 bits per heavy atom. The van der Waals surface area contributed by atoms with Gasteiger partial charge in [-0.05, 0) is 62.6 Å². The fourth-order valence-corrected chi connectivity index (χ4v) is 6.98. The van der Waals surface area contributed by atoms with Crippen LogP contribution in [0.25, 0.3) is 0 Å². The molecular weight excluding hydrogens is 342 g/mol. The Labute approximate surface area is 160 Å². The Bertz CT molecular complexity index is 793. The standard InChI is InChI=1S/C22H29NO4/c1-26-16-6-5-14-11-17-22(25)8-7-15(24)20-21(22,18(14)19(16)27-20)9-10-23(17)12-13-3-2-4-13/h5-6,13,15,17,20,24-25H,2-4,7-12H2,1H3/t15-,17+,20-,21-,22+/m0/s1. The van der Waals surface area contributed by atoms with Crippen LogP contribution in [0.3, 0.4) is 0 Å². The van der Waals surface area contributed by atoms with Crippen molar-refractivity contribution in [2.45, 2.75) is 74.2 Å². The lowest BCUT2D eigenvalue weighted by atomic mass is 9.48. The van der Waals surface area contributed by atoms with Gasteiger partial charge in [0.1, 0.15) is 6.10 Å². The van der Waals surface area contributed by atoms with Crippen molar-refractivity contribution < 1.29 is 19.7 Å². The van der Waals surface area contributed by atoms with Crippen LogP contribution in [-0.4, -0.2) is 59.2 Å². The van der Waals surface area contributed by atoms with Crippen LogP contribution in [0.5, 0.6) is 11.5 Å². The van der Waals surface area contributed by atoms with Crippen LogP contribution in [0, 0.1) is 5.92 Å². The van der Waals surface area contributed by atoms with Gasteiger partial charge in [-0.1, -0.05) is 12.5 Å². The molecule has 5 heteroatoms. The van der Waals surface area contributed by atoms with Crippen LogP contribution < -0.4 is 9.47 Å². The normalized spacial score (nSPS) is 42.3. The molecule has 3 aliphatic carbocycles. The number of nitrogens with zero attached hydrogens (tertiary/aromatic N) is 1. The molecule has 0 aromatic heterocycles. The maximum Gasteiger partial charge on any atom is 0.166 e. The maximum absolute atomic E-state index is 12.2. The fourth-order valence-electron chi connectivity index (χ4n) is 6.98. The summed E-state index contributed by atoms with van der Waals surface area (Å²) in [6.07, 6.45) is 6.07. The highest BCUT2D eigenvalue weighted by Crippen LogP contribution is 2.65. The molecule has 2 aliphatic heterocycles. The molecule has 1 aromatic carbocycles. The quantitative estimate of drug-likeness (QED) is 0.851. The van der Waals surface area contributed by atoms with Gasteiger partial charge in [0.15, 0.2) is 11.5 Å². The summed E-state index contributed by atoms with van der Waals surface area (Å²) in [5, 5.41) is 23.0. The van der Waals surface area contributed by atoms with Crippen LogP contribution >= 0.6 is 0 Å². The zero-order valence-electron chi connectivity index (χ0n) is 16.0. The fraction of sp³-hybridized carbons (Fsp3) is 0.727. The predicted octanol–water partition coefficient (Wildman–Crippen LogP) is 2.01. The number of aliphatic hydroxyl groups excluding tert-OH is 1. The van der Waals surface area contributed by atoms with Gasteiger partial charge in [0.25, 0.3) is 0 Å². The number of hydrogen-bond acceptors (Lipinski definition) is 5. The Hall–Kier alpha value is -1.30. The minimum absolute atomic E-state index is 0.122. The minimum Gasteiger partial charge on any atom is -0.493 e. The van der Waals surface area contributed by atoms with Crippen LogP contribution in [0.1, 0.15) is 49.7 Å². The Kier molecular flexibility index (Phi) is 3.33. The van der Waals surface area contributed by atoms with Gasteiger partial charge in [-0.15, -0.1) is 0 Å². The van der Waals surface area contributed by atoms with Crippen LogP contribution in [0.2, 0.25) is 0 Å². The van der Waals surface area contributed by atoms with Crippen molar-refractivity contribution in [3.05, 3.63) is 23.3 Å². The molecule has 2 bridgehead atoms. The molecule has 0 amide bonds. The number of rotatable bonds is 3. The average Bonchev–Trinajstić information content (AvgIpc) is 2.98. The predicted molar refractivity (Wildman–Crippen MR) is 100 cm³/mol. The summed E-state index contributed by atoms with van der Waals surface area (Å²) in [7, 11) is 1.66. The number of likely N-dealkylation sites (tertiary alicyclic amines) is 1. The van der Waals surface area contributed by atoms with Crippen molar-refractivity contribution in [3.8, 4) is 11.5 Å². The first kappa shape index (κ1) is 16.6. The van der Waals surface area contributed by atoms with Gasteiger partial charge in [0.05, 0.1) is 24.2 Å². The topological polar surface area (TPSA) is 62.2 Å². The molecule has 1 spiro atoms. The molecule has 0 radical (unpaired) electrons. The zero-order valence-corrected chi connectivity index (χ0v) is 16.0. The van der Waals surface area contributed by atoms with Crippen molar-refractivity contribution in [1.29, 1.82) is 0 Å². The van der Waals surface area contributed by atoms with Gasteiger partial charge in [-0.3, -0.25) is 4.90 Å². The SMILES string of the molecule is COc1ccc2c3c1O[C@H]1[C@@H](O)CC[C@@]4(O)[C@@H](C2)N(CC2CCC2)CC[C@]314. The third-order valence-electron chi connectivity index (χ3n) is 8.46. The molecule has 5 atom stereocenters. The molecule has 6 rings (SSSR count). The average molecular weight is 371 g/mol. The van der Waals surface area contributed by atoms with Crippen molar-refractivity contribution >= 4 is 0 Å². The highest BCUT2D eigenvalue weighted by atomic mass is 16.5. The zero-order chi connectivity index (χ0) is 18.4. The van der Waals surface area contributed by atoms with E-state index in [9.17, 15) is 10.2 Å². The highest BCUT2D eigenvalue weighted by Gasteiger charge is 2.72. The van der Waals surface area contributed by atoms with Crippen molar-refractivity contribution in [2.75, 3.05) is 20.2 Å². The second kappa shape index (κ2) is 5.40. The van der Waals surface area contributed by atoms with Gasteiger partial charge >= 0.3 is 0 Å². The third-order valence-corrected chi connectivity index (χ3v) is 8.46. The monoisotopic (exact) mass is 371 g/mol. The third kappa shape index (κ3) is 1.86. The summed E-state index contributed by atoms with van der Waals surface area (Å²) in [5.41, 5.74) is 1.08. The Morgan fingerprint density at radius 1 is 1.26 bits per heavy atom. The van der Waals surface area contributed by atoms with Gasteiger partial charge in [0, 0.05) is 18.2 Å². The second-order valence-electron chi connectivity index (χ2n) is 9.43. The molecule has 2 N–H and O–H groups in total. The lowest BCUT2D eigenvalue weighted by Gasteiger charge is -2.64. The van der Waals surface area contributed by atoms with E-state index in [0.29, 0.717) is 12.8 Å². The molecule has 146 valence electrons. The summed E-state index contributed by atoms with van der Waals surface area (Å²) in [6.45, 7) is 2.08. The van der Waals surface area contributed by atoms with E-state index in [2.05, 4.69) is 11.0 Å². The van der Waals surface area contributed by atoms with E-state index >= 15 is 0 Å². The number of aliphatic hydroxyl groups is 2. The molecular formula is C22H29NO4. The molecule has 3 fully saturated rings. The Balaban J connectivity index is 1.52. The molecule has 0 unspecified atom stereocenters. The van der Waals surface area contributed by atoms with Gasteiger partial charge in [0.2, 0.25) is 0 Å². The number of piperidine rings is 1. The lowest BCUT2D eigenvalue weighted by molar-refractivity contribution is -0.209. The van der Waals surface area contributed by atoms with E-state index in [1.165, 1.54) is 24.8 Å². The Morgan fingerprint density at radius 3 is 2.85 bits per heavy atom. The molecule has 27 heavy (non-hydrogen) atoms. The van der Waals surface area contributed by atoms with E-state index in [1.807, 2.05) is 6.07 Å². The van der Waals surface area contributed by atoms with Gasteiger partial charge in [-0.25, -0.2) is 0 Å². The van der Waals surface area contributed by atoms with E-state index in [0.717, 1.165) is 48.9 Å². The maximum atomic E-state index is 12.2. The van der Waals surface area contributed by atoms with Crippen molar-refractivity contribution in [3.63, 3.8) is 0 Å². The smallest absolute Gasteiger partial charge is 0.166 e. The molecule has 5 nitrogen and oxygen atoms in total. The summed E-state index contributed by atoms with van der Waals surface area (Å²) in [6, 6.07) is 4.27. The molecule has 5 aliphatic rings. The summed E-state index contributed by atoms with van der Waals surface area (Å²) < 4.78 is 12.0. The largest absolute Gasteiger partial charge is 0.493 e. The van der Waals surface area contributed by atoms with Crippen LogP contribution in [0.4, 0.5) is 0 Å². The van der Waals surface area contributed by atoms with E-state index in [-0.39, 0.29) is 12.1 Å². The summed E-state index contributed by atoms with van der Waals surface area (Å²) in [4.78, 5) is 2.56. The minimum atomic E-state index is -0.830. The van der Waals surface area contributed by atoms with Gasteiger partial charge in [-0.2, -0.15) is 0 Å². The van der Waals surface area contributed by atoms with Crippen LogP contribution in [0.15, 0.2) is 12.1 Å². The summed E-state index contributed by atoms with van der Waals surface area (Å²) in [5.74, 6) is 2.29. The summed E-state index contributed by atoms with van der Waals surface area (Å²) >= 11 is 0. The number of ether oxygens (including phenoxy) is 2. The molecule has 2 saturated carbocycles. The van der Waals surface area contributed by atoms with E-state index < -0.39 is 17.1 Å². The van der Waals surface area contributed by atoms with E-state index in [4.69, 9.17) is 9.47 Å². The van der Waals surface area contributed by atoms with Gasteiger partial charge < -0.3 is 19.7 Å². The highest BCUT2D eigenvalue weighted by molar-refractivity contribution is 5.62. The number of hydrogen-bond donors (Lipinski definition) is 2. The first-order valence-electron chi connectivity index (χ1n) is 10.6. The first-order valence-corrected chi connectivity index (χ1v) is 10.6. The second-order valence-corrected chi connectivity index (χ2v) is 9.43. The van der Waals surface area contributed by atoms with Crippen molar-refractivity contribution in [1.82, 2.24) is 4.90 Å². The molecule has 2 heterocycles. The number of benzene rings is 1.